The Kier molecular flexibility index (Phi) is 5.37. The van der Waals surface area contributed by atoms with E-state index in [1.165, 1.54) is 0 Å². The van der Waals surface area contributed by atoms with Crippen LogP contribution in [-0.2, 0) is 17.8 Å². The van der Waals surface area contributed by atoms with E-state index in [9.17, 15) is 14.4 Å². The van der Waals surface area contributed by atoms with Gasteiger partial charge in [-0.2, -0.15) is 0 Å². The van der Waals surface area contributed by atoms with Crippen LogP contribution in [0.5, 0.6) is 0 Å². The molecule has 2 saturated heterocycles. The van der Waals surface area contributed by atoms with E-state index in [1.54, 1.807) is 9.80 Å². The van der Waals surface area contributed by atoms with Crippen molar-refractivity contribution in [3.63, 3.8) is 0 Å². The number of nitrogens with zero attached hydrogens (tertiary/aromatic N) is 5. The summed E-state index contributed by atoms with van der Waals surface area (Å²) in [6, 6.07) is 0. The molecule has 0 aromatic carbocycles. The highest BCUT2D eigenvalue weighted by Crippen LogP contribution is 2.25. The maximum absolute atomic E-state index is 13.2. The second kappa shape index (κ2) is 7.93. The fourth-order valence-corrected chi connectivity index (χ4v) is 4.41. The molecule has 152 valence electrons. The average molecular weight is 387 g/mol. The Bertz CT molecular complexity index is 758. The summed E-state index contributed by atoms with van der Waals surface area (Å²) < 4.78 is 1.97. The first-order valence-corrected chi connectivity index (χ1v) is 10.5. The van der Waals surface area contributed by atoms with Gasteiger partial charge in [-0.05, 0) is 38.0 Å². The van der Waals surface area contributed by atoms with Crippen molar-refractivity contribution in [2.75, 3.05) is 39.3 Å². The molecule has 0 radical (unpaired) electrons. The van der Waals surface area contributed by atoms with Gasteiger partial charge in [0, 0.05) is 45.8 Å². The zero-order chi connectivity index (χ0) is 19.7. The Morgan fingerprint density at radius 2 is 1.61 bits per heavy atom. The number of likely N-dealkylation sites (tertiary alicyclic amines) is 1. The van der Waals surface area contributed by atoms with Crippen molar-refractivity contribution in [2.24, 2.45) is 5.92 Å². The number of piperidine rings is 1. The number of aromatic nitrogens is 2. The molecular weight excluding hydrogens is 358 g/mol. The number of rotatable bonds is 3. The smallest absolute Gasteiger partial charge is 0.290 e. The molecule has 8 heteroatoms. The van der Waals surface area contributed by atoms with Gasteiger partial charge in [0.2, 0.25) is 6.41 Å². The van der Waals surface area contributed by atoms with Gasteiger partial charge in [0.1, 0.15) is 5.69 Å². The second-order valence-corrected chi connectivity index (χ2v) is 8.25. The molecule has 0 unspecified atom stereocenters. The molecule has 0 saturated carbocycles. The molecule has 28 heavy (non-hydrogen) atoms. The molecule has 1 aromatic rings. The van der Waals surface area contributed by atoms with Crippen LogP contribution in [0.2, 0.25) is 0 Å². The average Bonchev–Trinajstić information content (AvgIpc) is 3.13. The summed E-state index contributed by atoms with van der Waals surface area (Å²) in [5.74, 6) is 0.896. The van der Waals surface area contributed by atoms with E-state index in [2.05, 4.69) is 11.9 Å². The number of fused-ring (bicyclic) bond motifs is 1. The largest absolute Gasteiger partial charge is 0.342 e. The van der Waals surface area contributed by atoms with E-state index >= 15 is 0 Å². The number of carbonyl (C=O) groups excluding carboxylic acids is 3. The summed E-state index contributed by atoms with van der Waals surface area (Å²) >= 11 is 0. The van der Waals surface area contributed by atoms with Crippen LogP contribution in [0.4, 0.5) is 0 Å². The predicted octanol–water partition coefficient (Wildman–Crippen LogP) is 1.01. The van der Waals surface area contributed by atoms with Crippen molar-refractivity contribution >= 4 is 18.2 Å². The van der Waals surface area contributed by atoms with Gasteiger partial charge < -0.3 is 19.3 Å². The predicted molar refractivity (Wildman–Crippen MR) is 103 cm³/mol. The minimum atomic E-state index is -0.125. The minimum absolute atomic E-state index is 0.0256. The first-order chi connectivity index (χ1) is 13.6. The van der Waals surface area contributed by atoms with E-state index < -0.39 is 0 Å². The summed E-state index contributed by atoms with van der Waals surface area (Å²) in [7, 11) is 0. The fourth-order valence-electron chi connectivity index (χ4n) is 4.41. The van der Waals surface area contributed by atoms with Crippen LogP contribution in [0.25, 0.3) is 0 Å². The highest BCUT2D eigenvalue weighted by Gasteiger charge is 2.33. The number of carbonyl (C=O) groups is 3. The summed E-state index contributed by atoms with van der Waals surface area (Å²) in [5.41, 5.74) is 1.40. The molecule has 0 N–H and O–H groups in total. The molecule has 3 amide bonds. The Labute approximate surface area is 165 Å². The fraction of sp³-hybridized carbons (Fsp3) is 0.700. The normalized spacial score (nSPS) is 20.8. The molecule has 4 heterocycles. The van der Waals surface area contributed by atoms with E-state index in [0.717, 1.165) is 63.8 Å². The van der Waals surface area contributed by atoms with Crippen LogP contribution in [0.3, 0.4) is 0 Å². The molecule has 0 aliphatic carbocycles. The highest BCUT2D eigenvalue weighted by atomic mass is 16.2. The van der Waals surface area contributed by atoms with Gasteiger partial charge >= 0.3 is 0 Å². The van der Waals surface area contributed by atoms with Gasteiger partial charge in [0.15, 0.2) is 5.82 Å². The van der Waals surface area contributed by atoms with Crippen LogP contribution >= 0.6 is 0 Å². The van der Waals surface area contributed by atoms with Crippen LogP contribution in [0.1, 0.15) is 59.4 Å². The SMILES string of the molecule is CC1CCN(C(=O)c2nc(C(=O)N3CCN(C=O)CC3)n3c2CCCC3)CC1. The van der Waals surface area contributed by atoms with Gasteiger partial charge in [-0.15, -0.1) is 0 Å². The van der Waals surface area contributed by atoms with E-state index in [1.807, 2.05) is 9.47 Å². The molecule has 0 atom stereocenters. The van der Waals surface area contributed by atoms with Crippen molar-refractivity contribution in [2.45, 2.75) is 45.6 Å². The number of amides is 3. The number of piperazine rings is 1. The van der Waals surface area contributed by atoms with E-state index in [-0.39, 0.29) is 11.8 Å². The molecular formula is C20H29N5O3. The molecule has 1 aromatic heterocycles. The van der Waals surface area contributed by atoms with Crippen molar-refractivity contribution in [1.29, 1.82) is 0 Å². The van der Waals surface area contributed by atoms with Crippen molar-refractivity contribution in [3.8, 4) is 0 Å². The van der Waals surface area contributed by atoms with Gasteiger partial charge in [-0.1, -0.05) is 6.92 Å². The van der Waals surface area contributed by atoms with E-state index in [4.69, 9.17) is 0 Å². The van der Waals surface area contributed by atoms with Crippen LogP contribution in [0.15, 0.2) is 0 Å². The van der Waals surface area contributed by atoms with E-state index in [0.29, 0.717) is 43.6 Å². The molecule has 3 aliphatic rings. The van der Waals surface area contributed by atoms with Crippen LogP contribution in [0, 0.1) is 5.92 Å². The van der Waals surface area contributed by atoms with Crippen molar-refractivity contribution in [1.82, 2.24) is 24.3 Å². The maximum Gasteiger partial charge on any atom is 0.290 e. The van der Waals surface area contributed by atoms with Gasteiger partial charge in [-0.3, -0.25) is 14.4 Å². The third kappa shape index (κ3) is 3.52. The Morgan fingerprint density at radius 1 is 0.929 bits per heavy atom. The molecule has 2 fully saturated rings. The lowest BCUT2D eigenvalue weighted by Gasteiger charge is -2.32. The third-order valence-electron chi connectivity index (χ3n) is 6.33. The molecule has 0 bridgehead atoms. The van der Waals surface area contributed by atoms with Crippen LogP contribution in [-0.4, -0.2) is 81.7 Å². The maximum atomic E-state index is 13.2. The Balaban J connectivity index is 1.58. The van der Waals surface area contributed by atoms with Gasteiger partial charge in [0.05, 0.1) is 5.69 Å². The first kappa shape index (κ1) is 19.0. The molecule has 0 spiro atoms. The standard InChI is InChI=1S/C20H29N5O3/c1-15-5-8-23(9-6-15)19(27)17-16-4-2-3-7-25(16)18(21-17)20(28)24-12-10-22(14-26)11-13-24/h14-15H,2-13H2,1H3. The topological polar surface area (TPSA) is 78.8 Å². The monoisotopic (exact) mass is 387 g/mol. The Hall–Kier alpha value is -2.38. The zero-order valence-electron chi connectivity index (χ0n) is 16.6. The van der Waals surface area contributed by atoms with Crippen molar-refractivity contribution < 1.29 is 14.4 Å². The summed E-state index contributed by atoms with van der Waals surface area (Å²) in [6.45, 7) is 6.59. The summed E-state index contributed by atoms with van der Waals surface area (Å²) in [5, 5.41) is 0. The zero-order valence-corrected chi connectivity index (χ0v) is 16.6. The van der Waals surface area contributed by atoms with Gasteiger partial charge in [0.25, 0.3) is 11.8 Å². The molecule has 3 aliphatic heterocycles. The lowest BCUT2D eigenvalue weighted by atomic mass is 9.98. The molecule has 8 nitrogen and oxygen atoms in total. The van der Waals surface area contributed by atoms with Crippen molar-refractivity contribution in [3.05, 3.63) is 17.2 Å². The lowest BCUT2D eigenvalue weighted by Crippen LogP contribution is -2.48. The summed E-state index contributed by atoms with van der Waals surface area (Å²) in [6.07, 6.45) is 5.69. The molecule has 4 rings (SSSR count). The third-order valence-corrected chi connectivity index (χ3v) is 6.33. The second-order valence-electron chi connectivity index (χ2n) is 8.25. The Morgan fingerprint density at radius 3 is 2.29 bits per heavy atom. The first-order valence-electron chi connectivity index (χ1n) is 10.5. The summed E-state index contributed by atoms with van der Waals surface area (Å²) in [4.78, 5) is 47.1. The minimum Gasteiger partial charge on any atom is -0.342 e. The quantitative estimate of drug-likeness (QED) is 0.725. The van der Waals surface area contributed by atoms with Crippen LogP contribution < -0.4 is 0 Å². The number of hydrogen-bond donors (Lipinski definition) is 0. The number of hydrogen-bond acceptors (Lipinski definition) is 4. The number of imidazole rings is 1. The lowest BCUT2D eigenvalue weighted by molar-refractivity contribution is -0.119. The highest BCUT2D eigenvalue weighted by molar-refractivity contribution is 5.97. The van der Waals surface area contributed by atoms with Gasteiger partial charge in [-0.25, -0.2) is 4.98 Å².